The topological polar surface area (TPSA) is 6.48 Å². The maximum absolute atomic E-state index is 18.9. The Morgan fingerprint density at radius 3 is 1.25 bits per heavy atom. The lowest BCUT2D eigenvalue weighted by atomic mass is 9.90. The summed E-state index contributed by atoms with van der Waals surface area (Å²) in [4.78, 5) is 1.73. The van der Waals surface area contributed by atoms with E-state index in [-0.39, 0.29) is 32.9 Å². The van der Waals surface area contributed by atoms with Crippen LogP contribution in [0, 0.1) is 11.6 Å². The Morgan fingerprint density at radius 1 is 0.324 bits per heavy atom. The van der Waals surface area contributed by atoms with Crippen LogP contribution in [0.2, 0.25) is 0 Å². The van der Waals surface area contributed by atoms with E-state index < -0.39 is 260 Å². The van der Waals surface area contributed by atoms with Gasteiger partial charge < -0.3 is 9.80 Å². The second kappa shape index (κ2) is 17.2. The van der Waals surface area contributed by atoms with E-state index in [1.54, 1.807) is 0 Å². The number of para-hydroxylation sites is 2. The standard InChI is InChI=1S/C64H42F2N2/c65-57-41-49(43-19-7-1-8-20-43)39-55(45-23-11-3-12-24-45)63(57)67(51-27-15-5-16-28-51)59-37-33-47-32-36-54-60(38-34-48-31-35-53(59)61(47)62(48)54)68(52-29-17-6-18-30-52)64-56(46-25-13-4-14-26-46)40-50(42-58(64)66)44-21-9-2-10-22-44/h1-42H/i1D,2D,3D,4D,5D,6D,7D,8D,9D,10D,11D,12D,13D,14D,15D,16D,17D,18D,19D,20D,21D,22D,23D,24D,25D,26D,27D,28D,29D,41D. The third-order valence-corrected chi connectivity index (χ3v) is 11.2. The summed E-state index contributed by atoms with van der Waals surface area (Å²) in [5, 5.41) is 0.874. The number of benzene rings is 12. The van der Waals surface area contributed by atoms with Crippen LogP contribution >= 0.6 is 0 Å². The minimum Gasteiger partial charge on any atom is -0.307 e. The molecule has 0 atom stereocenters. The maximum atomic E-state index is 18.9. The normalized spacial score (nSPS) is 17.6. The van der Waals surface area contributed by atoms with Crippen LogP contribution in [0.15, 0.2) is 254 Å². The zero-order valence-corrected chi connectivity index (χ0v) is 34.6. The molecule has 0 unspecified atom stereocenters. The van der Waals surface area contributed by atoms with Crippen molar-refractivity contribution in [3.63, 3.8) is 0 Å². The van der Waals surface area contributed by atoms with Gasteiger partial charge in [-0.25, -0.2) is 8.78 Å². The van der Waals surface area contributed by atoms with Gasteiger partial charge in [-0.3, -0.25) is 0 Å². The molecule has 0 saturated heterocycles. The van der Waals surface area contributed by atoms with E-state index in [1.165, 1.54) is 48.5 Å². The first-order valence-electron chi connectivity index (χ1n) is 35.4. The molecular formula is C64H42F2N2. The molecule has 0 radical (unpaired) electrons. The van der Waals surface area contributed by atoms with Crippen LogP contribution in [0.5, 0.6) is 0 Å². The molecule has 0 aliphatic rings. The molecule has 322 valence electrons. The average Bonchev–Trinajstić information content (AvgIpc) is 0.711. The number of hydrogen-bond acceptors (Lipinski definition) is 2. The smallest absolute Gasteiger partial charge is 0.148 e. The minimum absolute atomic E-state index is 0.0306. The number of halogens is 2. The first-order chi connectivity index (χ1) is 46.0. The predicted octanol–water partition coefficient (Wildman–Crippen LogP) is 18.5. The van der Waals surface area contributed by atoms with Crippen molar-refractivity contribution in [1.82, 2.24) is 0 Å². The summed E-state index contributed by atoms with van der Waals surface area (Å²) in [6.45, 7) is 0. The van der Waals surface area contributed by atoms with E-state index in [4.69, 9.17) is 30.2 Å². The molecule has 4 heteroatoms. The van der Waals surface area contributed by atoms with Gasteiger partial charge in [-0.1, -0.05) is 194 Å². The molecule has 12 aromatic carbocycles. The summed E-state index contributed by atoms with van der Waals surface area (Å²) in [5.41, 5.74) is -9.42. The molecular weight excluding hydrogens is 835 g/mol. The third-order valence-electron chi connectivity index (χ3n) is 11.2. The number of anilines is 6. The fourth-order valence-corrected chi connectivity index (χ4v) is 8.43. The molecule has 0 saturated carbocycles. The van der Waals surface area contributed by atoms with Crippen LogP contribution in [-0.2, 0) is 0 Å². The fourth-order valence-electron chi connectivity index (χ4n) is 8.43. The summed E-state index contributed by atoms with van der Waals surface area (Å²) in [6, 6.07) is -12.9. The number of nitrogens with zero attached hydrogens (tertiary/aromatic N) is 2. The zero-order valence-electron chi connectivity index (χ0n) is 64.6. The molecule has 0 heterocycles. The molecule has 0 amide bonds. The van der Waals surface area contributed by atoms with Gasteiger partial charge in [0.1, 0.15) is 11.6 Å². The Morgan fingerprint density at radius 2 is 0.721 bits per heavy atom. The van der Waals surface area contributed by atoms with Crippen LogP contribution < -0.4 is 9.80 Å². The molecule has 2 nitrogen and oxygen atoms in total. The Kier molecular flexibility index (Phi) is 5.03. The van der Waals surface area contributed by atoms with E-state index in [9.17, 15) is 11.0 Å². The Hall–Kier alpha value is -8.86. The molecule has 0 aromatic heterocycles. The number of hydrogen-bond donors (Lipinski definition) is 0. The monoisotopic (exact) mass is 907 g/mol. The Labute approximate surface area is 436 Å². The van der Waals surface area contributed by atoms with Gasteiger partial charge in [-0.05, 0) is 115 Å². The van der Waals surface area contributed by atoms with Gasteiger partial charge in [0.2, 0.25) is 0 Å². The van der Waals surface area contributed by atoms with E-state index in [0.717, 1.165) is 34.1 Å². The van der Waals surface area contributed by atoms with Crippen LogP contribution in [0.4, 0.5) is 42.9 Å². The van der Waals surface area contributed by atoms with E-state index in [1.807, 2.05) is 0 Å². The third kappa shape index (κ3) is 7.11. The van der Waals surface area contributed by atoms with Gasteiger partial charge in [0.25, 0.3) is 0 Å². The van der Waals surface area contributed by atoms with Crippen molar-refractivity contribution in [2.24, 2.45) is 0 Å². The lowest BCUT2D eigenvalue weighted by molar-refractivity contribution is 0.629. The van der Waals surface area contributed by atoms with Crippen LogP contribution in [0.3, 0.4) is 0 Å². The molecule has 0 aliphatic heterocycles. The van der Waals surface area contributed by atoms with Crippen molar-refractivity contribution in [2.45, 2.75) is 0 Å². The SMILES string of the molecule is [2H]c1cc(N(c2c(F)cc(-c3c([2H])c([2H])c([2H])c([2H])c3[2H])cc2-c2c([2H])c([2H])c([2H])c([2H])c2[2H])c2ccc3ccc4c(N(c5c([2H])c([2H])c([2H])c([2H])c5[2H])c5c(-c6c([2H])c([2H])c([2H])c([2H])c6[2H])cc(-c6c([2H])c([2H])c([2H])c([2H])c6[2H])c([2H])c5F)ccc5ccc2c3c54)c([2H])c([2H])c1[2H]. The zero-order chi connectivity index (χ0) is 71.7. The first-order valence-corrected chi connectivity index (χ1v) is 20.4. The van der Waals surface area contributed by atoms with Gasteiger partial charge in [-0.15, -0.1) is 0 Å². The largest absolute Gasteiger partial charge is 0.307 e. The summed E-state index contributed by atoms with van der Waals surface area (Å²) in [6.07, 6.45) is 0. The molecule has 0 aliphatic carbocycles. The van der Waals surface area contributed by atoms with Crippen molar-refractivity contribution in [1.29, 1.82) is 0 Å². The highest BCUT2D eigenvalue weighted by Gasteiger charge is 2.28. The average molecular weight is 907 g/mol. The van der Waals surface area contributed by atoms with E-state index in [2.05, 4.69) is 0 Å². The van der Waals surface area contributed by atoms with Crippen molar-refractivity contribution in [2.75, 3.05) is 9.80 Å². The van der Waals surface area contributed by atoms with Gasteiger partial charge >= 0.3 is 0 Å². The fraction of sp³-hybridized carbons (Fsp3) is 0. The van der Waals surface area contributed by atoms with Gasteiger partial charge in [0, 0.05) is 33.3 Å². The summed E-state index contributed by atoms with van der Waals surface area (Å²) in [7, 11) is 0. The van der Waals surface area contributed by atoms with Crippen molar-refractivity contribution < 1.29 is 49.9 Å². The highest BCUT2D eigenvalue weighted by Crippen LogP contribution is 2.51. The first kappa shape index (κ1) is 19.9. The molecule has 12 rings (SSSR count). The van der Waals surface area contributed by atoms with Crippen molar-refractivity contribution in [3.8, 4) is 44.5 Å². The van der Waals surface area contributed by atoms with Gasteiger partial charge in [0.15, 0.2) is 0 Å². The van der Waals surface area contributed by atoms with Crippen LogP contribution in [-0.4, -0.2) is 0 Å². The second-order valence-electron chi connectivity index (χ2n) is 14.9. The molecule has 0 bridgehead atoms. The van der Waals surface area contributed by atoms with Crippen LogP contribution in [0.25, 0.3) is 76.8 Å². The van der Waals surface area contributed by atoms with Gasteiger partial charge in [-0.2, -0.15) is 0 Å². The number of rotatable bonds is 10. The molecule has 12 aromatic rings. The summed E-state index contributed by atoms with van der Waals surface area (Å²) in [5.74, 6) is -3.18. The second-order valence-corrected chi connectivity index (χ2v) is 14.9. The Balaban J connectivity index is 1.25. The highest BCUT2D eigenvalue weighted by atomic mass is 19.1. The summed E-state index contributed by atoms with van der Waals surface area (Å²) >= 11 is 0. The lowest BCUT2D eigenvalue weighted by Crippen LogP contribution is -2.14. The van der Waals surface area contributed by atoms with Crippen molar-refractivity contribution >= 4 is 66.4 Å². The molecule has 0 N–H and O–H groups in total. The summed E-state index contributed by atoms with van der Waals surface area (Å²) < 4.78 is 304. The molecule has 68 heavy (non-hydrogen) atoms. The predicted molar refractivity (Wildman–Crippen MR) is 281 cm³/mol. The Bertz CT molecular complexity index is 5440. The lowest BCUT2D eigenvalue weighted by Gasteiger charge is -2.31. The van der Waals surface area contributed by atoms with E-state index in [0.29, 0.717) is 10.8 Å². The molecule has 0 fully saturated rings. The quantitative estimate of drug-likeness (QED) is 0.126. The van der Waals surface area contributed by atoms with E-state index >= 15 is 8.78 Å². The van der Waals surface area contributed by atoms with Crippen molar-refractivity contribution in [3.05, 3.63) is 266 Å². The highest BCUT2D eigenvalue weighted by molar-refractivity contribution is 6.28. The minimum atomic E-state index is -1.76. The molecule has 0 spiro atoms. The van der Waals surface area contributed by atoms with Gasteiger partial charge in [0.05, 0.1) is 63.9 Å². The van der Waals surface area contributed by atoms with Crippen LogP contribution in [0.1, 0.15) is 41.1 Å². The maximum Gasteiger partial charge on any atom is 0.148 e.